The Morgan fingerprint density at radius 3 is 2.71 bits per heavy atom. The van der Waals surface area contributed by atoms with Crippen LogP contribution in [0.5, 0.6) is 5.75 Å². The molecule has 0 aliphatic carbocycles. The van der Waals surface area contributed by atoms with Gasteiger partial charge in [0.05, 0.1) is 24.6 Å². The van der Waals surface area contributed by atoms with E-state index < -0.39 is 0 Å². The van der Waals surface area contributed by atoms with Gasteiger partial charge in [-0.15, -0.1) is 0 Å². The molecule has 4 nitrogen and oxygen atoms in total. The average Bonchev–Trinajstić information content (AvgIpc) is 2.28. The lowest BCUT2D eigenvalue weighted by molar-refractivity contribution is -0.142. The third kappa shape index (κ3) is 3.56. The lowest BCUT2D eigenvalue weighted by atomic mass is 10.1. The van der Waals surface area contributed by atoms with Crippen LogP contribution in [0, 0.1) is 0 Å². The first kappa shape index (κ1) is 13.7. The highest BCUT2D eigenvalue weighted by molar-refractivity contribution is 9.10. The Hall–Kier alpha value is -1.36. The van der Waals surface area contributed by atoms with Crippen molar-refractivity contribution in [3.05, 3.63) is 27.7 Å². The molecule has 1 aromatic rings. The number of benzene rings is 1. The Morgan fingerprint density at radius 1 is 1.47 bits per heavy atom. The van der Waals surface area contributed by atoms with Crippen molar-refractivity contribution in [3.63, 3.8) is 0 Å². The summed E-state index contributed by atoms with van der Waals surface area (Å²) in [7, 11) is 1.51. The first-order valence-electron chi connectivity index (χ1n) is 5.09. The van der Waals surface area contributed by atoms with E-state index in [1.807, 2.05) is 0 Å². The van der Waals surface area contributed by atoms with Gasteiger partial charge in [0.2, 0.25) is 0 Å². The van der Waals surface area contributed by atoms with E-state index in [1.54, 1.807) is 19.1 Å². The molecule has 92 valence electrons. The minimum atomic E-state index is -0.347. The molecule has 1 rings (SSSR count). The topological polar surface area (TPSA) is 52.6 Å². The number of carbonyl (C=O) groups excluding carboxylic acids is 2. The van der Waals surface area contributed by atoms with Gasteiger partial charge in [0.25, 0.3) is 0 Å². The van der Waals surface area contributed by atoms with Crippen LogP contribution in [0.25, 0.3) is 0 Å². The van der Waals surface area contributed by atoms with E-state index >= 15 is 0 Å². The number of rotatable bonds is 5. The van der Waals surface area contributed by atoms with Crippen LogP contribution >= 0.6 is 15.9 Å². The first-order valence-corrected chi connectivity index (χ1v) is 5.88. The first-order chi connectivity index (χ1) is 8.12. The van der Waals surface area contributed by atoms with E-state index in [4.69, 9.17) is 9.47 Å². The molecule has 0 heterocycles. The third-order valence-electron chi connectivity index (χ3n) is 2.12. The van der Waals surface area contributed by atoms with Crippen molar-refractivity contribution in [1.82, 2.24) is 0 Å². The molecule has 0 unspecified atom stereocenters. The second-order valence-electron chi connectivity index (χ2n) is 3.29. The van der Waals surface area contributed by atoms with Gasteiger partial charge in [-0.3, -0.25) is 9.59 Å². The summed E-state index contributed by atoms with van der Waals surface area (Å²) in [5.41, 5.74) is 1.11. The van der Waals surface area contributed by atoms with Gasteiger partial charge in [0, 0.05) is 11.1 Å². The van der Waals surface area contributed by atoms with Gasteiger partial charge < -0.3 is 9.47 Å². The maximum Gasteiger partial charge on any atom is 0.310 e. The minimum Gasteiger partial charge on any atom is -0.495 e. The Balaban J connectivity index is 3.06. The maximum absolute atomic E-state index is 11.4. The molecular formula is C12H13BrO4. The molecule has 1 aromatic carbocycles. The molecule has 5 heteroatoms. The van der Waals surface area contributed by atoms with Crippen LogP contribution in [-0.4, -0.2) is 26.0 Å². The Bertz CT molecular complexity index is 429. The van der Waals surface area contributed by atoms with Crippen LogP contribution in [0.2, 0.25) is 0 Å². The molecule has 17 heavy (non-hydrogen) atoms. The predicted octanol–water partition coefficient (Wildman–Crippen LogP) is 2.38. The summed E-state index contributed by atoms with van der Waals surface area (Å²) < 4.78 is 10.7. The fraction of sp³-hybridized carbons (Fsp3) is 0.333. The zero-order valence-corrected chi connectivity index (χ0v) is 11.2. The molecule has 0 aliphatic rings. The predicted molar refractivity (Wildman–Crippen MR) is 66.4 cm³/mol. The molecule has 0 N–H and O–H groups in total. The van der Waals surface area contributed by atoms with E-state index in [0.717, 1.165) is 6.29 Å². The fourth-order valence-electron chi connectivity index (χ4n) is 1.47. The SMILES string of the molecule is CCOC(=O)Cc1cc(C=O)cc(Br)c1OC. The van der Waals surface area contributed by atoms with E-state index in [-0.39, 0.29) is 12.4 Å². The highest BCUT2D eigenvalue weighted by atomic mass is 79.9. The minimum absolute atomic E-state index is 0.0806. The van der Waals surface area contributed by atoms with Crippen LogP contribution in [-0.2, 0) is 16.0 Å². The second kappa shape index (κ2) is 6.39. The smallest absolute Gasteiger partial charge is 0.310 e. The molecule has 0 aromatic heterocycles. The average molecular weight is 301 g/mol. The fourth-order valence-corrected chi connectivity index (χ4v) is 2.15. The van der Waals surface area contributed by atoms with Crippen LogP contribution in [0.4, 0.5) is 0 Å². The lowest BCUT2D eigenvalue weighted by Gasteiger charge is -2.10. The van der Waals surface area contributed by atoms with E-state index in [0.29, 0.717) is 28.0 Å². The number of halogens is 1. The molecule has 0 atom stereocenters. The van der Waals surface area contributed by atoms with Crippen molar-refractivity contribution < 1.29 is 19.1 Å². The largest absolute Gasteiger partial charge is 0.495 e. The van der Waals surface area contributed by atoms with Crippen LogP contribution in [0.1, 0.15) is 22.8 Å². The zero-order chi connectivity index (χ0) is 12.8. The summed E-state index contributed by atoms with van der Waals surface area (Å²) in [5.74, 6) is 0.199. The summed E-state index contributed by atoms with van der Waals surface area (Å²) in [5, 5.41) is 0. The Morgan fingerprint density at radius 2 is 2.18 bits per heavy atom. The number of aldehydes is 1. The van der Waals surface area contributed by atoms with Crippen molar-refractivity contribution in [3.8, 4) is 5.75 Å². The molecule has 0 spiro atoms. The summed E-state index contributed by atoms with van der Waals surface area (Å²) >= 11 is 3.29. The van der Waals surface area contributed by atoms with Gasteiger partial charge in [0.15, 0.2) is 0 Å². The van der Waals surface area contributed by atoms with Gasteiger partial charge >= 0.3 is 5.97 Å². The van der Waals surface area contributed by atoms with Crippen LogP contribution in [0.15, 0.2) is 16.6 Å². The van der Waals surface area contributed by atoms with Crippen molar-refractivity contribution in [2.75, 3.05) is 13.7 Å². The number of methoxy groups -OCH3 is 1. The van der Waals surface area contributed by atoms with Crippen molar-refractivity contribution in [2.45, 2.75) is 13.3 Å². The number of hydrogen-bond donors (Lipinski definition) is 0. The highest BCUT2D eigenvalue weighted by Gasteiger charge is 2.13. The monoisotopic (exact) mass is 300 g/mol. The third-order valence-corrected chi connectivity index (χ3v) is 2.71. The molecule has 0 fully saturated rings. The zero-order valence-electron chi connectivity index (χ0n) is 9.66. The van der Waals surface area contributed by atoms with Crippen LogP contribution in [0.3, 0.4) is 0 Å². The summed E-state index contributed by atoms with van der Waals surface area (Å²) in [6.07, 6.45) is 0.802. The second-order valence-corrected chi connectivity index (χ2v) is 4.15. The number of ether oxygens (including phenoxy) is 2. The molecule has 0 bridgehead atoms. The Kier molecular flexibility index (Phi) is 5.15. The number of carbonyl (C=O) groups is 2. The number of esters is 1. The van der Waals surface area contributed by atoms with Gasteiger partial charge in [-0.25, -0.2) is 0 Å². The lowest BCUT2D eigenvalue weighted by Crippen LogP contribution is -2.09. The van der Waals surface area contributed by atoms with E-state index in [9.17, 15) is 9.59 Å². The Labute approximate surface area is 108 Å². The van der Waals surface area contributed by atoms with Gasteiger partial charge in [-0.1, -0.05) is 0 Å². The molecule has 0 saturated heterocycles. The normalized spacial score (nSPS) is 9.82. The van der Waals surface area contributed by atoms with Crippen molar-refractivity contribution in [1.29, 1.82) is 0 Å². The maximum atomic E-state index is 11.4. The molecule has 0 saturated carbocycles. The van der Waals surface area contributed by atoms with Gasteiger partial charge in [0.1, 0.15) is 12.0 Å². The van der Waals surface area contributed by atoms with Crippen molar-refractivity contribution >= 4 is 28.2 Å². The molecule has 0 aliphatic heterocycles. The summed E-state index contributed by atoms with van der Waals surface area (Å²) in [6, 6.07) is 3.26. The number of hydrogen-bond acceptors (Lipinski definition) is 4. The van der Waals surface area contributed by atoms with E-state index in [2.05, 4.69) is 15.9 Å². The summed E-state index contributed by atoms with van der Waals surface area (Å²) in [6.45, 7) is 2.07. The van der Waals surface area contributed by atoms with Crippen molar-refractivity contribution in [2.24, 2.45) is 0 Å². The van der Waals surface area contributed by atoms with Gasteiger partial charge in [-0.05, 0) is 35.0 Å². The quantitative estimate of drug-likeness (QED) is 0.619. The molecule has 0 radical (unpaired) electrons. The standard InChI is InChI=1S/C12H13BrO4/c1-3-17-11(15)6-9-4-8(7-14)5-10(13)12(9)16-2/h4-5,7H,3,6H2,1-2H3. The van der Waals surface area contributed by atoms with Gasteiger partial charge in [-0.2, -0.15) is 0 Å². The molecular weight excluding hydrogens is 288 g/mol. The van der Waals surface area contributed by atoms with E-state index in [1.165, 1.54) is 7.11 Å². The highest BCUT2D eigenvalue weighted by Crippen LogP contribution is 2.30. The van der Waals surface area contributed by atoms with Crippen LogP contribution < -0.4 is 4.74 Å². The molecule has 0 amide bonds. The summed E-state index contributed by atoms with van der Waals surface area (Å²) in [4.78, 5) is 22.2.